The van der Waals surface area contributed by atoms with Gasteiger partial charge in [0.2, 0.25) is 15.9 Å². The highest BCUT2D eigenvalue weighted by Crippen LogP contribution is 2.37. The summed E-state index contributed by atoms with van der Waals surface area (Å²) in [5.41, 5.74) is 1.47. The monoisotopic (exact) mass is 432 g/mol. The molecule has 0 saturated heterocycles. The number of methoxy groups -OCH3 is 1. The number of carbonyl (C=O) groups is 1. The molecule has 30 heavy (non-hydrogen) atoms. The number of hydrogen-bond acceptors (Lipinski definition) is 5. The van der Waals surface area contributed by atoms with Crippen LogP contribution in [0.2, 0.25) is 0 Å². The van der Waals surface area contributed by atoms with Gasteiger partial charge in [-0.2, -0.15) is 0 Å². The number of hydrogen-bond donors (Lipinski definition) is 3. The lowest BCUT2D eigenvalue weighted by Gasteiger charge is -2.35. The number of aliphatic hydroxyl groups is 1. The van der Waals surface area contributed by atoms with Gasteiger partial charge in [-0.15, -0.1) is 0 Å². The van der Waals surface area contributed by atoms with Crippen molar-refractivity contribution < 1.29 is 23.1 Å². The molecule has 162 valence electrons. The lowest BCUT2D eigenvalue weighted by Crippen LogP contribution is -2.43. The van der Waals surface area contributed by atoms with Gasteiger partial charge in [0.1, 0.15) is 11.4 Å². The quantitative estimate of drug-likeness (QED) is 0.624. The normalized spacial score (nSPS) is 18.5. The zero-order valence-electron chi connectivity index (χ0n) is 17.5. The summed E-state index contributed by atoms with van der Waals surface area (Å²) in [6, 6.07) is 10.1. The molecule has 1 aliphatic carbocycles. The lowest BCUT2D eigenvalue weighted by molar-refractivity contribution is -0.115. The molecule has 7 nitrogen and oxygen atoms in total. The summed E-state index contributed by atoms with van der Waals surface area (Å²) in [6.45, 7) is 3.30. The molecule has 0 spiro atoms. The van der Waals surface area contributed by atoms with E-state index in [1.54, 1.807) is 45.2 Å². The summed E-state index contributed by atoms with van der Waals surface area (Å²) in [6.07, 6.45) is 2.37. The fraction of sp³-hybridized carbons (Fsp3) is 0.409. The van der Waals surface area contributed by atoms with Crippen molar-refractivity contribution in [1.82, 2.24) is 4.72 Å². The van der Waals surface area contributed by atoms with Crippen LogP contribution in [0.5, 0.6) is 5.75 Å². The highest BCUT2D eigenvalue weighted by atomic mass is 32.2. The summed E-state index contributed by atoms with van der Waals surface area (Å²) in [4.78, 5) is 11.7. The van der Waals surface area contributed by atoms with Gasteiger partial charge in [-0.05, 0) is 73.2 Å². The van der Waals surface area contributed by atoms with Gasteiger partial charge in [-0.25, -0.2) is 13.1 Å². The molecule has 3 N–H and O–H groups in total. The van der Waals surface area contributed by atoms with Crippen LogP contribution in [-0.4, -0.2) is 33.1 Å². The fourth-order valence-corrected chi connectivity index (χ4v) is 5.13. The predicted octanol–water partition coefficient (Wildman–Crippen LogP) is 2.85. The molecule has 2 aromatic carbocycles. The van der Waals surface area contributed by atoms with Gasteiger partial charge in [0.25, 0.3) is 0 Å². The van der Waals surface area contributed by atoms with E-state index in [-0.39, 0.29) is 17.3 Å². The first-order chi connectivity index (χ1) is 14.2. The number of sulfonamides is 1. The minimum absolute atomic E-state index is 0.117. The molecule has 1 unspecified atom stereocenters. The maximum Gasteiger partial charge on any atom is 0.240 e. The van der Waals surface area contributed by atoms with Crippen molar-refractivity contribution in [1.29, 1.82) is 0 Å². The average Bonchev–Trinajstić information content (AvgIpc) is 2.72. The molecule has 0 heterocycles. The summed E-state index contributed by atoms with van der Waals surface area (Å²) >= 11 is 0. The first-order valence-electron chi connectivity index (χ1n) is 9.98. The van der Waals surface area contributed by atoms with E-state index in [2.05, 4.69) is 10.0 Å². The molecular formula is C22H28N2O5S. The average molecular weight is 433 g/mol. The Labute approximate surface area is 177 Å². The second kappa shape index (κ2) is 8.75. The van der Waals surface area contributed by atoms with Crippen LogP contribution in [0, 0.1) is 6.92 Å². The Balaban J connectivity index is 1.79. The SMILES string of the molecule is CCC(=O)Nc1ccc(S(=O)(=O)NCC2(O)CCCc3cc(OC)ccc32)c(C)c1. The Morgan fingerprint density at radius 1 is 1.23 bits per heavy atom. The van der Waals surface area contributed by atoms with Gasteiger partial charge < -0.3 is 15.2 Å². The van der Waals surface area contributed by atoms with E-state index in [1.807, 2.05) is 6.07 Å². The minimum atomic E-state index is -3.84. The molecule has 0 aliphatic heterocycles. The first kappa shape index (κ1) is 22.3. The molecule has 0 saturated carbocycles. The molecule has 1 atom stereocenters. The summed E-state index contributed by atoms with van der Waals surface area (Å²) in [5, 5.41) is 13.9. The molecule has 1 aliphatic rings. The van der Waals surface area contributed by atoms with Crippen molar-refractivity contribution in [3.63, 3.8) is 0 Å². The molecule has 1 amide bonds. The highest BCUT2D eigenvalue weighted by molar-refractivity contribution is 7.89. The number of amides is 1. The molecule has 3 rings (SSSR count). The third-order valence-corrected chi connectivity index (χ3v) is 7.04. The van der Waals surface area contributed by atoms with E-state index in [4.69, 9.17) is 4.74 Å². The van der Waals surface area contributed by atoms with Gasteiger partial charge in [0, 0.05) is 18.7 Å². The Morgan fingerprint density at radius 3 is 2.67 bits per heavy atom. The maximum absolute atomic E-state index is 12.9. The van der Waals surface area contributed by atoms with E-state index in [0.29, 0.717) is 29.8 Å². The Hall–Kier alpha value is -2.42. The van der Waals surface area contributed by atoms with Crippen LogP contribution in [-0.2, 0) is 26.8 Å². The summed E-state index contributed by atoms with van der Waals surface area (Å²) in [5.74, 6) is 0.572. The zero-order chi connectivity index (χ0) is 21.9. The van der Waals surface area contributed by atoms with Crippen LogP contribution in [0.1, 0.15) is 42.9 Å². The lowest BCUT2D eigenvalue weighted by atomic mass is 9.79. The second-order valence-corrected chi connectivity index (χ2v) is 9.35. The Bertz CT molecular complexity index is 1050. The van der Waals surface area contributed by atoms with Gasteiger partial charge in [-0.1, -0.05) is 13.0 Å². The van der Waals surface area contributed by atoms with Crippen molar-refractivity contribution in [2.75, 3.05) is 19.0 Å². The minimum Gasteiger partial charge on any atom is -0.497 e. The van der Waals surface area contributed by atoms with Crippen molar-refractivity contribution in [3.8, 4) is 5.75 Å². The number of nitrogens with one attached hydrogen (secondary N) is 2. The first-order valence-corrected chi connectivity index (χ1v) is 11.5. The van der Waals surface area contributed by atoms with Crippen LogP contribution >= 0.6 is 0 Å². The van der Waals surface area contributed by atoms with Gasteiger partial charge >= 0.3 is 0 Å². The molecule has 2 aromatic rings. The Morgan fingerprint density at radius 2 is 2.00 bits per heavy atom. The van der Waals surface area contributed by atoms with E-state index < -0.39 is 15.6 Å². The van der Waals surface area contributed by atoms with Crippen LogP contribution < -0.4 is 14.8 Å². The predicted molar refractivity (Wildman–Crippen MR) is 115 cm³/mol. The zero-order valence-corrected chi connectivity index (χ0v) is 18.3. The van der Waals surface area contributed by atoms with Crippen molar-refractivity contribution in [3.05, 3.63) is 53.1 Å². The van der Waals surface area contributed by atoms with E-state index in [1.165, 1.54) is 6.07 Å². The largest absolute Gasteiger partial charge is 0.497 e. The van der Waals surface area contributed by atoms with Crippen LogP contribution in [0.25, 0.3) is 0 Å². The van der Waals surface area contributed by atoms with E-state index in [9.17, 15) is 18.3 Å². The Kier molecular flexibility index (Phi) is 6.50. The molecule has 0 fully saturated rings. The number of benzene rings is 2. The standard InChI is InChI=1S/C22H28N2O5S/c1-4-21(25)24-17-7-10-20(15(2)12-17)30(27,28)23-14-22(26)11-5-6-16-13-18(29-3)8-9-19(16)22/h7-10,12-13,23,26H,4-6,11,14H2,1-3H3,(H,24,25). The van der Waals surface area contributed by atoms with E-state index in [0.717, 1.165) is 24.0 Å². The maximum atomic E-state index is 12.9. The number of rotatable bonds is 7. The molecule has 0 bridgehead atoms. The molecule has 8 heteroatoms. The third kappa shape index (κ3) is 4.66. The van der Waals surface area contributed by atoms with Crippen molar-refractivity contribution in [2.45, 2.75) is 50.0 Å². The van der Waals surface area contributed by atoms with Gasteiger partial charge in [-0.3, -0.25) is 4.79 Å². The molecular weight excluding hydrogens is 404 g/mol. The summed E-state index contributed by atoms with van der Waals surface area (Å²) in [7, 11) is -2.25. The molecule has 0 radical (unpaired) electrons. The highest BCUT2D eigenvalue weighted by Gasteiger charge is 2.36. The van der Waals surface area contributed by atoms with E-state index >= 15 is 0 Å². The smallest absolute Gasteiger partial charge is 0.240 e. The number of fused-ring (bicyclic) bond motifs is 1. The number of ether oxygens (including phenoxy) is 1. The number of anilines is 1. The number of carbonyl (C=O) groups excluding carboxylic acids is 1. The van der Waals surface area contributed by atoms with Crippen LogP contribution in [0.4, 0.5) is 5.69 Å². The van der Waals surface area contributed by atoms with Crippen LogP contribution in [0.3, 0.4) is 0 Å². The third-order valence-electron chi connectivity index (χ3n) is 5.47. The van der Waals surface area contributed by atoms with Gasteiger partial charge in [0.05, 0.1) is 12.0 Å². The topological polar surface area (TPSA) is 105 Å². The molecule has 0 aromatic heterocycles. The van der Waals surface area contributed by atoms with Crippen molar-refractivity contribution in [2.24, 2.45) is 0 Å². The fourth-order valence-electron chi connectivity index (χ4n) is 3.82. The second-order valence-electron chi connectivity index (χ2n) is 7.61. The van der Waals surface area contributed by atoms with Gasteiger partial charge in [0.15, 0.2) is 0 Å². The van der Waals surface area contributed by atoms with Crippen LogP contribution in [0.15, 0.2) is 41.3 Å². The summed E-state index contributed by atoms with van der Waals surface area (Å²) < 4.78 is 33.6. The van der Waals surface area contributed by atoms with Crippen molar-refractivity contribution >= 4 is 21.6 Å². The number of aryl methyl sites for hydroxylation is 2.